The maximum atomic E-state index is 11.3. The highest BCUT2D eigenvalue weighted by Crippen LogP contribution is 2.27. The van der Waals surface area contributed by atoms with Crippen LogP contribution < -0.4 is 4.74 Å². The molecule has 0 amide bonds. The maximum absolute atomic E-state index is 11.3. The first-order valence-corrected chi connectivity index (χ1v) is 7.79. The van der Waals surface area contributed by atoms with Crippen LogP contribution in [0.25, 0.3) is 17.8 Å². The average Bonchev–Trinajstić information content (AvgIpc) is 3.15. The van der Waals surface area contributed by atoms with Crippen LogP contribution in [0.1, 0.15) is 11.3 Å². The van der Waals surface area contributed by atoms with Crippen molar-refractivity contribution in [2.45, 2.75) is 0 Å². The van der Waals surface area contributed by atoms with Crippen LogP contribution in [0.15, 0.2) is 54.7 Å². The predicted molar refractivity (Wildman–Crippen MR) is 98.8 cm³/mol. The molecule has 136 valence electrons. The quantitative estimate of drug-likeness (QED) is 0.483. The van der Waals surface area contributed by atoms with Gasteiger partial charge in [-0.25, -0.2) is 4.68 Å². The predicted octanol–water partition coefficient (Wildman–Crippen LogP) is 3.87. The minimum absolute atomic E-state index is 0.148. The van der Waals surface area contributed by atoms with Gasteiger partial charge in [0.15, 0.2) is 0 Å². The van der Waals surface area contributed by atoms with E-state index in [2.05, 4.69) is 5.10 Å². The van der Waals surface area contributed by atoms with Gasteiger partial charge >= 0.3 is 5.69 Å². The first-order valence-electron chi connectivity index (χ1n) is 7.79. The van der Waals surface area contributed by atoms with Gasteiger partial charge in [-0.05, 0) is 35.9 Å². The zero-order chi connectivity index (χ0) is 19.4. The first kappa shape index (κ1) is 17.8. The molecule has 9 heteroatoms. The second kappa shape index (κ2) is 7.48. The van der Waals surface area contributed by atoms with Gasteiger partial charge in [0, 0.05) is 12.3 Å². The molecular formula is C18H14N4O5. The fourth-order valence-corrected chi connectivity index (χ4v) is 2.42. The summed E-state index contributed by atoms with van der Waals surface area (Å²) in [6, 6.07) is 12.5. The number of nitrogens with zero attached hydrogens (tertiary/aromatic N) is 4. The highest BCUT2D eigenvalue weighted by molar-refractivity contribution is 5.68. The lowest BCUT2D eigenvalue weighted by molar-refractivity contribution is -0.394. The molecule has 0 aliphatic rings. The van der Waals surface area contributed by atoms with E-state index in [1.165, 1.54) is 16.8 Å². The van der Waals surface area contributed by atoms with E-state index in [1.54, 1.807) is 25.4 Å². The molecule has 0 saturated carbocycles. The highest BCUT2D eigenvalue weighted by atomic mass is 16.6. The zero-order valence-corrected chi connectivity index (χ0v) is 14.2. The van der Waals surface area contributed by atoms with Crippen LogP contribution in [0.4, 0.5) is 11.4 Å². The Morgan fingerprint density at radius 3 is 2.37 bits per heavy atom. The zero-order valence-electron chi connectivity index (χ0n) is 14.2. The molecule has 3 aromatic rings. The summed E-state index contributed by atoms with van der Waals surface area (Å²) in [5.41, 5.74) is 0.926. The van der Waals surface area contributed by atoms with Crippen molar-refractivity contribution in [3.05, 3.63) is 86.2 Å². The number of ether oxygens (including phenoxy) is 1. The Kier molecular flexibility index (Phi) is 4.93. The van der Waals surface area contributed by atoms with Crippen LogP contribution in [0.2, 0.25) is 0 Å². The number of hydrogen-bond acceptors (Lipinski definition) is 6. The van der Waals surface area contributed by atoms with Crippen molar-refractivity contribution in [2.75, 3.05) is 7.11 Å². The Balaban J connectivity index is 1.87. The fraction of sp³-hybridized carbons (Fsp3) is 0.0556. The van der Waals surface area contributed by atoms with Crippen LogP contribution in [0.3, 0.4) is 0 Å². The number of nitro groups is 2. The monoisotopic (exact) mass is 366 g/mol. The van der Waals surface area contributed by atoms with E-state index in [1.807, 2.05) is 30.3 Å². The molecule has 0 N–H and O–H groups in total. The van der Waals surface area contributed by atoms with Crippen molar-refractivity contribution in [1.29, 1.82) is 0 Å². The van der Waals surface area contributed by atoms with E-state index < -0.39 is 15.5 Å². The molecule has 0 radical (unpaired) electrons. The largest absolute Gasteiger partial charge is 0.497 e. The molecule has 2 aromatic carbocycles. The molecule has 0 atom stereocenters. The summed E-state index contributed by atoms with van der Waals surface area (Å²) in [7, 11) is 1.59. The van der Waals surface area contributed by atoms with Crippen molar-refractivity contribution in [3.8, 4) is 11.4 Å². The molecule has 9 nitrogen and oxygen atoms in total. The second-order valence-electron chi connectivity index (χ2n) is 5.48. The molecule has 0 aliphatic carbocycles. The lowest BCUT2D eigenvalue weighted by atomic mass is 10.2. The Bertz CT molecular complexity index is 1020. The van der Waals surface area contributed by atoms with Crippen molar-refractivity contribution < 1.29 is 14.6 Å². The van der Waals surface area contributed by atoms with E-state index in [9.17, 15) is 20.2 Å². The maximum Gasteiger partial charge on any atom is 0.301 e. The summed E-state index contributed by atoms with van der Waals surface area (Å²) < 4.78 is 6.42. The van der Waals surface area contributed by atoms with E-state index >= 15 is 0 Å². The minimum atomic E-state index is -0.678. The van der Waals surface area contributed by atoms with Crippen LogP contribution in [0.5, 0.6) is 5.75 Å². The summed E-state index contributed by atoms with van der Waals surface area (Å²) in [6.45, 7) is 0. The number of nitro benzene ring substituents is 2. The molecule has 3 rings (SSSR count). The Morgan fingerprint density at radius 1 is 1.00 bits per heavy atom. The molecule has 0 spiro atoms. The van der Waals surface area contributed by atoms with Crippen LogP contribution in [-0.2, 0) is 0 Å². The Morgan fingerprint density at radius 2 is 1.74 bits per heavy atom. The van der Waals surface area contributed by atoms with E-state index in [0.717, 1.165) is 17.4 Å². The van der Waals surface area contributed by atoms with Gasteiger partial charge in [0.1, 0.15) is 11.4 Å². The first-order chi connectivity index (χ1) is 13.0. The SMILES string of the molecule is COc1ccc(/C=C/c2ccn(-c3ccc([N+](=O)[O-])cc3[N+](=O)[O-])n2)cc1. The van der Waals surface area contributed by atoms with Gasteiger partial charge in [-0.2, -0.15) is 5.10 Å². The standard InChI is InChI=1S/C18H14N4O5/c1-27-16-7-3-13(4-8-16)2-5-14-10-11-20(19-14)17-9-6-15(21(23)24)12-18(17)22(25)26/h2-12H,1H3/b5-2+. The van der Waals surface area contributed by atoms with Gasteiger partial charge in [0.25, 0.3) is 5.69 Å². The molecule has 0 bridgehead atoms. The third kappa shape index (κ3) is 3.98. The van der Waals surface area contributed by atoms with E-state index in [4.69, 9.17) is 4.74 Å². The number of rotatable bonds is 6. The van der Waals surface area contributed by atoms with Crippen LogP contribution in [0, 0.1) is 20.2 Å². The topological polar surface area (TPSA) is 113 Å². The third-order valence-electron chi connectivity index (χ3n) is 3.79. The Hall–Kier alpha value is -4.01. The molecule has 1 heterocycles. The van der Waals surface area contributed by atoms with Crippen molar-refractivity contribution in [3.63, 3.8) is 0 Å². The van der Waals surface area contributed by atoms with Gasteiger partial charge in [0.05, 0.1) is 28.7 Å². The number of aromatic nitrogens is 2. The second-order valence-corrected chi connectivity index (χ2v) is 5.48. The normalized spacial score (nSPS) is 10.9. The molecule has 27 heavy (non-hydrogen) atoms. The third-order valence-corrected chi connectivity index (χ3v) is 3.79. The van der Waals surface area contributed by atoms with Crippen LogP contribution in [-0.4, -0.2) is 26.7 Å². The summed E-state index contributed by atoms with van der Waals surface area (Å²) >= 11 is 0. The summed E-state index contributed by atoms with van der Waals surface area (Å²) in [5.74, 6) is 0.752. The van der Waals surface area contributed by atoms with E-state index in [0.29, 0.717) is 5.69 Å². The van der Waals surface area contributed by atoms with Crippen molar-refractivity contribution in [1.82, 2.24) is 9.78 Å². The summed E-state index contributed by atoms with van der Waals surface area (Å²) in [6.07, 6.45) is 5.16. The average molecular weight is 366 g/mol. The number of methoxy groups -OCH3 is 1. The van der Waals surface area contributed by atoms with Gasteiger partial charge in [-0.3, -0.25) is 20.2 Å². The molecule has 0 fully saturated rings. The Labute approximate surface area is 153 Å². The van der Waals surface area contributed by atoms with Crippen molar-refractivity contribution in [2.24, 2.45) is 0 Å². The van der Waals surface area contributed by atoms with Gasteiger partial charge in [-0.15, -0.1) is 0 Å². The number of benzene rings is 2. The number of non-ortho nitro benzene ring substituents is 1. The molecular weight excluding hydrogens is 352 g/mol. The molecule has 0 aliphatic heterocycles. The van der Waals surface area contributed by atoms with Gasteiger partial charge in [-0.1, -0.05) is 18.2 Å². The van der Waals surface area contributed by atoms with Crippen molar-refractivity contribution >= 4 is 23.5 Å². The van der Waals surface area contributed by atoms with Crippen LogP contribution >= 0.6 is 0 Å². The summed E-state index contributed by atoms with van der Waals surface area (Å²) in [4.78, 5) is 20.7. The lowest BCUT2D eigenvalue weighted by Crippen LogP contribution is -2.02. The smallest absolute Gasteiger partial charge is 0.301 e. The minimum Gasteiger partial charge on any atom is -0.497 e. The molecule has 0 saturated heterocycles. The molecule has 0 unspecified atom stereocenters. The van der Waals surface area contributed by atoms with Gasteiger partial charge < -0.3 is 4.74 Å². The lowest BCUT2D eigenvalue weighted by Gasteiger charge is -2.02. The molecule has 1 aromatic heterocycles. The van der Waals surface area contributed by atoms with Gasteiger partial charge in [0.2, 0.25) is 0 Å². The number of hydrogen-bond donors (Lipinski definition) is 0. The summed E-state index contributed by atoms with van der Waals surface area (Å²) in [5, 5.41) is 26.4. The van der Waals surface area contributed by atoms with E-state index in [-0.39, 0.29) is 11.4 Å². The fourth-order valence-electron chi connectivity index (χ4n) is 2.42. The highest BCUT2D eigenvalue weighted by Gasteiger charge is 2.21.